The van der Waals surface area contributed by atoms with Crippen molar-refractivity contribution in [2.45, 2.75) is 26.8 Å². The highest BCUT2D eigenvalue weighted by atomic mass is 32.1. The smallest absolute Gasteiger partial charge is 0.350 e. The number of aliphatic hydroxyl groups excluding tert-OH is 1. The number of benzene rings is 2. The summed E-state index contributed by atoms with van der Waals surface area (Å²) in [6.07, 6.45) is 0. The van der Waals surface area contributed by atoms with Crippen molar-refractivity contribution in [1.29, 1.82) is 0 Å². The monoisotopic (exact) mass is 480 g/mol. The van der Waals surface area contributed by atoms with Crippen molar-refractivity contribution in [3.05, 3.63) is 86.7 Å². The SMILES string of the molecule is COC(=O)c1sc(N2C(=O)C(=O)C(=C(O)c3ccc(C)c(F)c3)[C@H]2c2ccc(C)cc2)nc1C. The zero-order valence-corrected chi connectivity index (χ0v) is 19.7. The summed E-state index contributed by atoms with van der Waals surface area (Å²) >= 11 is 0.914. The van der Waals surface area contributed by atoms with Crippen LogP contribution in [0.5, 0.6) is 0 Å². The van der Waals surface area contributed by atoms with Crippen molar-refractivity contribution in [3.63, 3.8) is 0 Å². The van der Waals surface area contributed by atoms with Crippen molar-refractivity contribution < 1.29 is 28.6 Å². The van der Waals surface area contributed by atoms with E-state index in [1.165, 1.54) is 19.2 Å². The van der Waals surface area contributed by atoms with Gasteiger partial charge in [-0.1, -0.05) is 53.3 Å². The van der Waals surface area contributed by atoms with Gasteiger partial charge in [0.2, 0.25) is 0 Å². The maximum absolute atomic E-state index is 14.2. The van der Waals surface area contributed by atoms with Crippen LogP contribution in [0.3, 0.4) is 0 Å². The van der Waals surface area contributed by atoms with Gasteiger partial charge >= 0.3 is 11.9 Å². The number of hydrogen-bond acceptors (Lipinski definition) is 7. The van der Waals surface area contributed by atoms with Crippen molar-refractivity contribution in [3.8, 4) is 0 Å². The predicted octanol–water partition coefficient (Wildman–Crippen LogP) is 4.62. The molecular weight excluding hydrogens is 459 g/mol. The fourth-order valence-corrected chi connectivity index (χ4v) is 4.77. The number of anilines is 1. The van der Waals surface area contributed by atoms with Crippen molar-refractivity contribution in [2.24, 2.45) is 0 Å². The Morgan fingerprint density at radius 2 is 1.79 bits per heavy atom. The minimum Gasteiger partial charge on any atom is -0.507 e. The molecule has 1 aliphatic rings. The summed E-state index contributed by atoms with van der Waals surface area (Å²) in [6.45, 7) is 5.06. The van der Waals surface area contributed by atoms with Gasteiger partial charge in [0, 0.05) is 5.56 Å². The van der Waals surface area contributed by atoms with Crippen molar-refractivity contribution in [2.75, 3.05) is 12.0 Å². The second kappa shape index (κ2) is 8.83. The number of halogens is 1. The first kappa shape index (κ1) is 23.3. The molecule has 2 aromatic carbocycles. The Kier molecular flexibility index (Phi) is 6.05. The molecule has 1 atom stereocenters. The molecule has 1 aliphatic heterocycles. The second-order valence-corrected chi connectivity index (χ2v) is 8.92. The van der Waals surface area contributed by atoms with Crippen LogP contribution in [0.2, 0.25) is 0 Å². The van der Waals surface area contributed by atoms with Crippen LogP contribution >= 0.6 is 11.3 Å². The molecule has 3 aromatic rings. The van der Waals surface area contributed by atoms with Gasteiger partial charge in [-0.3, -0.25) is 14.5 Å². The molecule has 0 aliphatic carbocycles. The topological polar surface area (TPSA) is 96.8 Å². The molecule has 9 heteroatoms. The number of aliphatic hydroxyl groups is 1. The summed E-state index contributed by atoms with van der Waals surface area (Å²) in [5, 5.41) is 11.2. The lowest BCUT2D eigenvalue weighted by atomic mass is 9.94. The summed E-state index contributed by atoms with van der Waals surface area (Å²) in [5.74, 6) is -3.50. The van der Waals surface area contributed by atoms with Gasteiger partial charge in [0.15, 0.2) is 5.13 Å². The van der Waals surface area contributed by atoms with Crippen molar-refractivity contribution >= 4 is 39.9 Å². The Morgan fingerprint density at radius 3 is 2.41 bits per heavy atom. The van der Waals surface area contributed by atoms with E-state index in [0.717, 1.165) is 27.9 Å². The molecule has 2 heterocycles. The van der Waals surface area contributed by atoms with E-state index >= 15 is 0 Å². The number of Topliss-reactive ketones (excluding diaryl/α,β-unsaturated/α-hetero) is 1. The normalized spacial score (nSPS) is 17.3. The molecular formula is C25H21FN2O5S. The first-order chi connectivity index (χ1) is 16.1. The average Bonchev–Trinajstić information content (AvgIpc) is 3.32. The molecule has 1 aromatic heterocycles. The molecule has 0 saturated carbocycles. The van der Waals surface area contributed by atoms with E-state index in [4.69, 9.17) is 4.74 Å². The number of ketones is 1. The molecule has 0 radical (unpaired) electrons. The maximum atomic E-state index is 14.2. The molecule has 1 N–H and O–H groups in total. The van der Waals surface area contributed by atoms with Crippen molar-refractivity contribution in [1.82, 2.24) is 4.98 Å². The Balaban J connectivity index is 1.94. The summed E-state index contributed by atoms with van der Waals surface area (Å²) < 4.78 is 19.0. The molecule has 0 unspecified atom stereocenters. The lowest BCUT2D eigenvalue weighted by Crippen LogP contribution is -2.29. The molecule has 0 spiro atoms. The van der Waals surface area contributed by atoms with E-state index in [2.05, 4.69) is 4.98 Å². The maximum Gasteiger partial charge on any atom is 0.350 e. The van der Waals surface area contributed by atoms with Gasteiger partial charge in [-0.25, -0.2) is 14.2 Å². The van der Waals surface area contributed by atoms with E-state index in [0.29, 0.717) is 16.8 Å². The number of nitrogens with zero attached hydrogens (tertiary/aromatic N) is 2. The summed E-state index contributed by atoms with van der Waals surface area (Å²) in [5.41, 5.74) is 2.11. The van der Waals surface area contributed by atoms with Crippen LogP contribution in [0, 0.1) is 26.6 Å². The zero-order chi connectivity index (χ0) is 24.7. The van der Waals surface area contributed by atoms with Crippen LogP contribution in [0.4, 0.5) is 9.52 Å². The van der Waals surface area contributed by atoms with Gasteiger partial charge in [0.25, 0.3) is 5.78 Å². The first-order valence-electron chi connectivity index (χ1n) is 10.3. The van der Waals surface area contributed by atoms with E-state index in [-0.39, 0.29) is 21.1 Å². The fourth-order valence-electron chi connectivity index (χ4n) is 3.76. The molecule has 1 amide bonds. The highest BCUT2D eigenvalue weighted by molar-refractivity contribution is 7.17. The number of hydrogen-bond donors (Lipinski definition) is 1. The second-order valence-electron chi connectivity index (χ2n) is 7.95. The third kappa shape index (κ3) is 3.88. The van der Waals surface area contributed by atoms with Crippen LogP contribution < -0.4 is 4.90 Å². The molecule has 4 rings (SSSR count). The highest BCUT2D eigenvalue weighted by Crippen LogP contribution is 2.44. The number of thiazole rings is 1. The first-order valence-corrected chi connectivity index (χ1v) is 11.2. The van der Waals surface area contributed by atoms with Crippen LogP contribution in [0.25, 0.3) is 5.76 Å². The Bertz CT molecular complexity index is 1360. The lowest BCUT2D eigenvalue weighted by Gasteiger charge is -2.23. The molecule has 34 heavy (non-hydrogen) atoms. The van der Waals surface area contributed by atoms with E-state index in [1.807, 2.05) is 19.1 Å². The van der Waals surface area contributed by atoms with Gasteiger partial charge in [-0.05, 0) is 38.0 Å². The Labute approximate surface area is 199 Å². The van der Waals surface area contributed by atoms with Crippen LogP contribution in [0.15, 0.2) is 48.0 Å². The van der Waals surface area contributed by atoms with Gasteiger partial charge < -0.3 is 9.84 Å². The van der Waals surface area contributed by atoms with Crippen LogP contribution in [-0.4, -0.2) is 34.9 Å². The number of ether oxygens (including phenoxy) is 1. The average molecular weight is 481 g/mol. The highest BCUT2D eigenvalue weighted by Gasteiger charge is 2.48. The molecule has 1 saturated heterocycles. The predicted molar refractivity (Wildman–Crippen MR) is 125 cm³/mol. The zero-order valence-electron chi connectivity index (χ0n) is 18.9. The number of rotatable bonds is 4. The van der Waals surface area contributed by atoms with E-state index in [1.54, 1.807) is 26.0 Å². The fraction of sp³-hybridized carbons (Fsp3) is 0.200. The number of aromatic nitrogens is 1. The van der Waals surface area contributed by atoms with Gasteiger partial charge in [-0.2, -0.15) is 0 Å². The lowest BCUT2D eigenvalue weighted by molar-refractivity contribution is -0.132. The number of methoxy groups -OCH3 is 1. The number of carbonyl (C=O) groups is 3. The van der Waals surface area contributed by atoms with Gasteiger partial charge in [0.05, 0.1) is 24.4 Å². The quantitative estimate of drug-likeness (QED) is 0.253. The molecule has 7 nitrogen and oxygen atoms in total. The van der Waals surface area contributed by atoms with Gasteiger partial charge in [-0.15, -0.1) is 0 Å². The number of esters is 1. The van der Waals surface area contributed by atoms with E-state index in [9.17, 15) is 23.9 Å². The summed E-state index contributed by atoms with van der Waals surface area (Å²) in [7, 11) is 1.24. The van der Waals surface area contributed by atoms with E-state index < -0.39 is 35.3 Å². The standard InChI is InChI=1S/C25H21FN2O5S/c1-12-5-8-15(9-6-12)19-18(20(29)16-10-7-13(2)17(26)11-16)21(30)23(31)28(19)25-27-14(3)22(34-25)24(32)33-4/h5-11,19,29H,1-4H3/t19-/m1/s1. The molecule has 1 fully saturated rings. The molecule has 0 bridgehead atoms. The Morgan fingerprint density at radius 1 is 1.12 bits per heavy atom. The summed E-state index contributed by atoms with van der Waals surface area (Å²) in [4.78, 5) is 44.2. The number of amides is 1. The summed E-state index contributed by atoms with van der Waals surface area (Å²) in [6, 6.07) is 10.2. The largest absolute Gasteiger partial charge is 0.507 e. The number of carbonyl (C=O) groups excluding carboxylic acids is 3. The minimum absolute atomic E-state index is 0.0729. The molecule has 174 valence electrons. The Hall–Kier alpha value is -3.85. The number of aryl methyl sites for hydroxylation is 3. The van der Waals surface area contributed by atoms with Crippen LogP contribution in [0.1, 0.15) is 43.7 Å². The van der Waals surface area contributed by atoms with Crippen LogP contribution in [-0.2, 0) is 14.3 Å². The minimum atomic E-state index is -1.03. The third-order valence-electron chi connectivity index (χ3n) is 5.64. The third-order valence-corrected chi connectivity index (χ3v) is 6.78. The van der Waals surface area contributed by atoms with Gasteiger partial charge in [0.1, 0.15) is 16.5 Å².